The number of ether oxygens (including phenoxy) is 1. The van der Waals surface area contributed by atoms with Gasteiger partial charge in [-0.2, -0.15) is 23.3 Å². The number of hydrogen-bond donors (Lipinski definition) is 1. The molecule has 1 N–H and O–H groups in total. The van der Waals surface area contributed by atoms with E-state index < -0.39 is 30.8 Å². The molecular formula is C16H19F3N2O3. The van der Waals surface area contributed by atoms with E-state index in [0.29, 0.717) is 18.6 Å². The number of rotatable bonds is 6. The van der Waals surface area contributed by atoms with Gasteiger partial charge in [0.2, 0.25) is 0 Å². The maximum absolute atomic E-state index is 13.3. The maximum Gasteiger partial charge on any atom is 0.438 e. The molecule has 24 heavy (non-hydrogen) atoms. The molecule has 0 aliphatic carbocycles. The average molecular weight is 344 g/mol. The minimum Gasteiger partial charge on any atom is -0.484 e. The highest BCUT2D eigenvalue weighted by Crippen LogP contribution is 2.41. The van der Waals surface area contributed by atoms with Crippen molar-refractivity contribution >= 4 is 11.6 Å². The van der Waals surface area contributed by atoms with Crippen molar-refractivity contribution in [3.8, 4) is 5.75 Å². The molecule has 1 amide bonds. The van der Waals surface area contributed by atoms with Gasteiger partial charge >= 0.3 is 6.18 Å². The number of para-hydroxylation sites is 1. The average Bonchev–Trinajstić information content (AvgIpc) is 2.90. The quantitative estimate of drug-likeness (QED) is 0.863. The van der Waals surface area contributed by atoms with E-state index >= 15 is 0 Å². The molecule has 5 nitrogen and oxygen atoms in total. The van der Waals surface area contributed by atoms with E-state index in [4.69, 9.17) is 4.74 Å². The van der Waals surface area contributed by atoms with Gasteiger partial charge in [-0.1, -0.05) is 31.5 Å². The molecule has 1 aliphatic rings. The third kappa shape index (κ3) is 3.87. The lowest BCUT2D eigenvalue weighted by Crippen LogP contribution is -2.57. The Bertz CT molecular complexity index is 604. The molecule has 0 radical (unpaired) electrons. The van der Waals surface area contributed by atoms with E-state index in [1.807, 2.05) is 6.92 Å². The Balaban J connectivity index is 2.12. The number of halogens is 3. The summed E-state index contributed by atoms with van der Waals surface area (Å²) in [6.45, 7) is 1.25. The number of hydrogen-bond acceptors (Lipinski definition) is 4. The van der Waals surface area contributed by atoms with Crippen LogP contribution in [-0.4, -0.2) is 40.2 Å². The van der Waals surface area contributed by atoms with Gasteiger partial charge in [0.15, 0.2) is 6.61 Å². The fourth-order valence-electron chi connectivity index (χ4n) is 2.34. The van der Waals surface area contributed by atoms with E-state index in [2.05, 4.69) is 5.10 Å². The summed E-state index contributed by atoms with van der Waals surface area (Å²) < 4.78 is 44.9. The molecular weight excluding hydrogens is 325 g/mol. The van der Waals surface area contributed by atoms with Gasteiger partial charge in [0.25, 0.3) is 11.6 Å². The zero-order chi connectivity index (χ0) is 17.8. The fourth-order valence-corrected chi connectivity index (χ4v) is 2.34. The van der Waals surface area contributed by atoms with E-state index in [1.165, 1.54) is 0 Å². The second kappa shape index (κ2) is 7.21. The molecule has 132 valence electrons. The number of amides is 1. The highest BCUT2D eigenvalue weighted by Gasteiger charge is 2.63. The van der Waals surface area contributed by atoms with Crippen molar-refractivity contribution in [2.24, 2.45) is 5.10 Å². The third-order valence-electron chi connectivity index (χ3n) is 3.66. The fraction of sp³-hybridized carbons (Fsp3) is 0.500. The van der Waals surface area contributed by atoms with Gasteiger partial charge in [-0.3, -0.25) is 4.79 Å². The monoisotopic (exact) mass is 344 g/mol. The van der Waals surface area contributed by atoms with Gasteiger partial charge in [-0.25, -0.2) is 0 Å². The Morgan fingerprint density at radius 2 is 2.04 bits per heavy atom. The second-order valence-corrected chi connectivity index (χ2v) is 5.57. The number of carbonyl (C=O) groups excluding carboxylic acids is 1. The van der Waals surface area contributed by atoms with Crippen LogP contribution >= 0.6 is 0 Å². The first-order chi connectivity index (χ1) is 11.3. The molecule has 0 fully saturated rings. The Hall–Kier alpha value is -2.09. The van der Waals surface area contributed by atoms with E-state index in [9.17, 15) is 23.1 Å². The molecule has 0 bridgehead atoms. The summed E-state index contributed by atoms with van der Waals surface area (Å²) in [4.78, 5) is 12.1. The lowest BCUT2D eigenvalue weighted by molar-refractivity contribution is -0.302. The highest BCUT2D eigenvalue weighted by atomic mass is 19.4. The van der Waals surface area contributed by atoms with Crippen molar-refractivity contribution in [2.75, 3.05) is 6.61 Å². The van der Waals surface area contributed by atoms with Crippen molar-refractivity contribution in [3.63, 3.8) is 0 Å². The Kier molecular flexibility index (Phi) is 5.48. The van der Waals surface area contributed by atoms with Crippen LogP contribution in [0.5, 0.6) is 5.75 Å². The minimum absolute atomic E-state index is 0.112. The number of benzene rings is 1. The topological polar surface area (TPSA) is 62.1 Å². The summed E-state index contributed by atoms with van der Waals surface area (Å²) in [6.07, 6.45) is -4.03. The number of carbonyl (C=O) groups is 1. The first kappa shape index (κ1) is 18.3. The van der Waals surface area contributed by atoms with Crippen LogP contribution in [0.1, 0.15) is 32.6 Å². The second-order valence-electron chi connectivity index (χ2n) is 5.57. The van der Waals surface area contributed by atoms with E-state index in [1.54, 1.807) is 30.3 Å². The number of aliphatic hydroxyl groups is 1. The molecule has 0 saturated heterocycles. The first-order valence-corrected chi connectivity index (χ1v) is 7.64. The largest absolute Gasteiger partial charge is 0.484 e. The molecule has 0 aromatic heterocycles. The minimum atomic E-state index is -5.01. The summed E-state index contributed by atoms with van der Waals surface area (Å²) in [6, 6.07) is 8.22. The Morgan fingerprint density at radius 3 is 2.62 bits per heavy atom. The van der Waals surface area contributed by atoms with Crippen LogP contribution in [0.15, 0.2) is 35.4 Å². The molecule has 1 heterocycles. The van der Waals surface area contributed by atoms with Gasteiger partial charge < -0.3 is 9.84 Å². The van der Waals surface area contributed by atoms with E-state index in [-0.39, 0.29) is 10.7 Å². The van der Waals surface area contributed by atoms with Gasteiger partial charge in [-0.15, -0.1) is 0 Å². The summed E-state index contributed by atoms with van der Waals surface area (Å²) in [5, 5.41) is 13.9. The third-order valence-corrected chi connectivity index (χ3v) is 3.66. The molecule has 2 rings (SSSR count). The predicted molar refractivity (Wildman–Crippen MR) is 81.4 cm³/mol. The summed E-state index contributed by atoms with van der Waals surface area (Å²) >= 11 is 0. The van der Waals surface area contributed by atoms with Crippen LogP contribution in [0.4, 0.5) is 13.2 Å². The smallest absolute Gasteiger partial charge is 0.438 e. The van der Waals surface area contributed by atoms with Crippen molar-refractivity contribution in [1.82, 2.24) is 5.01 Å². The van der Waals surface area contributed by atoms with Gasteiger partial charge in [0, 0.05) is 12.1 Å². The van der Waals surface area contributed by atoms with Crippen LogP contribution in [0.2, 0.25) is 0 Å². The summed E-state index contributed by atoms with van der Waals surface area (Å²) in [5.74, 6) is -0.707. The summed E-state index contributed by atoms with van der Waals surface area (Å²) in [7, 11) is 0. The molecule has 1 aromatic carbocycles. The van der Waals surface area contributed by atoms with Crippen molar-refractivity contribution in [2.45, 2.75) is 44.5 Å². The SMILES string of the molecule is CCCCC1=NN(C(=O)COc2ccccc2)[C@@](O)(C(F)(F)F)C1. The molecule has 0 unspecified atom stereocenters. The zero-order valence-electron chi connectivity index (χ0n) is 13.2. The normalized spacial score (nSPS) is 20.9. The number of unbranched alkanes of at least 4 members (excludes halogenated alkanes) is 1. The molecule has 0 saturated carbocycles. The van der Waals surface area contributed by atoms with Gasteiger partial charge in [0.05, 0.1) is 0 Å². The highest BCUT2D eigenvalue weighted by molar-refractivity contribution is 5.91. The van der Waals surface area contributed by atoms with Crippen molar-refractivity contribution in [3.05, 3.63) is 30.3 Å². The van der Waals surface area contributed by atoms with Crippen LogP contribution in [0.3, 0.4) is 0 Å². The first-order valence-electron chi connectivity index (χ1n) is 7.64. The number of hydrazone groups is 1. The van der Waals surface area contributed by atoms with Gasteiger partial charge in [-0.05, 0) is 25.0 Å². The molecule has 0 spiro atoms. The lowest BCUT2D eigenvalue weighted by Gasteiger charge is -2.32. The van der Waals surface area contributed by atoms with E-state index in [0.717, 1.165) is 6.42 Å². The van der Waals surface area contributed by atoms with Crippen molar-refractivity contribution in [1.29, 1.82) is 0 Å². The van der Waals surface area contributed by atoms with Crippen LogP contribution in [0.25, 0.3) is 0 Å². The zero-order valence-corrected chi connectivity index (χ0v) is 13.2. The van der Waals surface area contributed by atoms with Crippen LogP contribution in [-0.2, 0) is 4.79 Å². The lowest BCUT2D eigenvalue weighted by atomic mass is 10.0. The Morgan fingerprint density at radius 1 is 1.38 bits per heavy atom. The standard InChI is InChI=1S/C16H19F3N2O3/c1-2-3-7-12-10-15(23,16(17,18)19)21(20-12)14(22)11-24-13-8-5-4-6-9-13/h4-6,8-9,23H,2-3,7,10-11H2,1H3/t15-/m0/s1. The maximum atomic E-state index is 13.3. The molecule has 1 atom stereocenters. The Labute approximate surface area is 137 Å². The molecule has 8 heteroatoms. The predicted octanol–water partition coefficient (Wildman–Crippen LogP) is 3.09. The van der Waals surface area contributed by atoms with Crippen molar-refractivity contribution < 1.29 is 27.8 Å². The molecule has 1 aromatic rings. The molecule has 1 aliphatic heterocycles. The van der Waals surface area contributed by atoms with Gasteiger partial charge in [0.1, 0.15) is 5.75 Å². The number of alkyl halides is 3. The number of nitrogens with zero attached hydrogens (tertiary/aromatic N) is 2. The van der Waals surface area contributed by atoms with Crippen LogP contribution in [0, 0.1) is 0 Å². The van der Waals surface area contributed by atoms with Crippen LogP contribution < -0.4 is 4.74 Å². The summed E-state index contributed by atoms with van der Waals surface area (Å²) in [5.41, 5.74) is -3.16.